The van der Waals surface area contributed by atoms with Crippen molar-refractivity contribution in [3.8, 4) is 5.75 Å². The van der Waals surface area contributed by atoms with Crippen LogP contribution in [0.5, 0.6) is 5.75 Å². The van der Waals surface area contributed by atoms with Gasteiger partial charge in [0.05, 0.1) is 13.5 Å². The Kier molecular flexibility index (Phi) is 5.18. The van der Waals surface area contributed by atoms with Crippen molar-refractivity contribution >= 4 is 5.91 Å². The van der Waals surface area contributed by atoms with Gasteiger partial charge < -0.3 is 10.1 Å². The van der Waals surface area contributed by atoms with Crippen LogP contribution in [0.3, 0.4) is 0 Å². The van der Waals surface area contributed by atoms with Crippen LogP contribution in [-0.2, 0) is 17.6 Å². The molecule has 0 saturated carbocycles. The van der Waals surface area contributed by atoms with Crippen LogP contribution >= 0.6 is 0 Å². The highest BCUT2D eigenvalue weighted by Gasteiger charge is 2.04. The Balaban J connectivity index is 1.79. The fraction of sp³-hybridized carbons (Fsp3) is 0.235. The summed E-state index contributed by atoms with van der Waals surface area (Å²) in [5.74, 6) is 0.913. The Hall–Kier alpha value is -2.29. The maximum atomic E-state index is 11.8. The Bertz CT molecular complexity index is 552. The molecule has 0 aliphatic rings. The average Bonchev–Trinajstić information content (AvgIpc) is 2.49. The Morgan fingerprint density at radius 1 is 1.05 bits per heavy atom. The largest absolute Gasteiger partial charge is 0.496 e. The second kappa shape index (κ2) is 7.34. The quantitative estimate of drug-likeness (QED) is 0.875. The molecule has 0 radical (unpaired) electrons. The smallest absolute Gasteiger partial charge is 0.224 e. The number of carbonyl (C=O) groups excluding carboxylic acids is 1. The van der Waals surface area contributed by atoms with E-state index in [-0.39, 0.29) is 5.91 Å². The summed E-state index contributed by atoms with van der Waals surface area (Å²) in [6, 6.07) is 17.6. The lowest BCUT2D eigenvalue weighted by Gasteiger charge is -2.09. The zero-order valence-corrected chi connectivity index (χ0v) is 11.6. The van der Waals surface area contributed by atoms with E-state index in [2.05, 4.69) is 5.32 Å². The molecular formula is C17H19NO2. The Labute approximate surface area is 119 Å². The molecule has 20 heavy (non-hydrogen) atoms. The number of rotatable bonds is 6. The molecule has 0 atom stereocenters. The third-order valence-corrected chi connectivity index (χ3v) is 3.12. The van der Waals surface area contributed by atoms with Crippen molar-refractivity contribution in [3.05, 3.63) is 65.7 Å². The third-order valence-electron chi connectivity index (χ3n) is 3.12. The van der Waals surface area contributed by atoms with Gasteiger partial charge in [-0.15, -0.1) is 0 Å². The highest BCUT2D eigenvalue weighted by Crippen LogP contribution is 2.17. The lowest BCUT2D eigenvalue weighted by Crippen LogP contribution is -2.27. The summed E-state index contributed by atoms with van der Waals surface area (Å²) in [6.45, 7) is 0.617. The minimum Gasteiger partial charge on any atom is -0.496 e. The minimum atomic E-state index is 0.0473. The Morgan fingerprint density at radius 3 is 2.50 bits per heavy atom. The van der Waals surface area contributed by atoms with Gasteiger partial charge in [-0.25, -0.2) is 0 Å². The number of para-hydroxylation sites is 1. The molecule has 2 aromatic carbocycles. The average molecular weight is 269 g/mol. The molecule has 3 nitrogen and oxygen atoms in total. The van der Waals surface area contributed by atoms with Crippen molar-refractivity contribution in [1.29, 1.82) is 0 Å². The first-order chi connectivity index (χ1) is 9.79. The number of hydrogen-bond acceptors (Lipinski definition) is 2. The topological polar surface area (TPSA) is 38.3 Å². The van der Waals surface area contributed by atoms with E-state index in [9.17, 15) is 4.79 Å². The Morgan fingerprint density at radius 2 is 1.75 bits per heavy atom. The van der Waals surface area contributed by atoms with E-state index in [1.807, 2.05) is 54.6 Å². The normalized spacial score (nSPS) is 10.1. The highest BCUT2D eigenvalue weighted by molar-refractivity contribution is 5.78. The van der Waals surface area contributed by atoms with Gasteiger partial charge in [0, 0.05) is 6.54 Å². The van der Waals surface area contributed by atoms with Gasteiger partial charge >= 0.3 is 0 Å². The molecule has 2 aromatic rings. The number of carbonyl (C=O) groups is 1. The first-order valence-corrected chi connectivity index (χ1v) is 6.72. The van der Waals surface area contributed by atoms with E-state index in [1.165, 1.54) is 0 Å². The summed E-state index contributed by atoms with van der Waals surface area (Å²) in [4.78, 5) is 11.8. The number of nitrogens with one attached hydrogen (secondary N) is 1. The molecule has 0 spiro atoms. The number of ether oxygens (including phenoxy) is 1. The van der Waals surface area contributed by atoms with Gasteiger partial charge in [-0.2, -0.15) is 0 Å². The summed E-state index contributed by atoms with van der Waals surface area (Å²) in [6.07, 6.45) is 1.19. The van der Waals surface area contributed by atoms with Gasteiger partial charge in [-0.05, 0) is 23.6 Å². The summed E-state index contributed by atoms with van der Waals surface area (Å²) >= 11 is 0. The lowest BCUT2D eigenvalue weighted by molar-refractivity contribution is -0.120. The van der Waals surface area contributed by atoms with Gasteiger partial charge in [0.25, 0.3) is 0 Å². The molecule has 0 bridgehead atoms. The number of benzene rings is 2. The number of amides is 1. The summed E-state index contributed by atoms with van der Waals surface area (Å²) < 4.78 is 5.29. The van der Waals surface area contributed by atoms with Crippen LogP contribution < -0.4 is 10.1 Å². The van der Waals surface area contributed by atoms with Crippen molar-refractivity contribution < 1.29 is 9.53 Å². The second-order valence-electron chi connectivity index (χ2n) is 4.57. The van der Waals surface area contributed by atoms with Crippen molar-refractivity contribution in [2.45, 2.75) is 12.8 Å². The predicted molar refractivity (Wildman–Crippen MR) is 79.9 cm³/mol. The first-order valence-electron chi connectivity index (χ1n) is 6.72. The van der Waals surface area contributed by atoms with Crippen LogP contribution in [0.15, 0.2) is 54.6 Å². The molecule has 0 aliphatic carbocycles. The van der Waals surface area contributed by atoms with Gasteiger partial charge in [0.1, 0.15) is 5.75 Å². The molecule has 1 amide bonds. The predicted octanol–water partition coefficient (Wildman–Crippen LogP) is 2.60. The SMILES string of the molecule is COc1ccccc1CCNC(=O)Cc1ccccc1. The van der Waals surface area contributed by atoms with Crippen molar-refractivity contribution in [2.75, 3.05) is 13.7 Å². The van der Waals surface area contributed by atoms with Gasteiger partial charge in [-0.3, -0.25) is 4.79 Å². The van der Waals surface area contributed by atoms with E-state index in [4.69, 9.17) is 4.74 Å². The summed E-state index contributed by atoms with van der Waals surface area (Å²) in [7, 11) is 1.66. The van der Waals surface area contributed by atoms with E-state index in [0.717, 1.165) is 23.3 Å². The van der Waals surface area contributed by atoms with Gasteiger partial charge in [0.15, 0.2) is 0 Å². The monoisotopic (exact) mass is 269 g/mol. The maximum absolute atomic E-state index is 11.8. The first kappa shape index (κ1) is 14.1. The summed E-state index contributed by atoms with van der Waals surface area (Å²) in [5.41, 5.74) is 2.14. The molecule has 2 rings (SSSR count). The van der Waals surface area contributed by atoms with Crippen molar-refractivity contribution in [2.24, 2.45) is 0 Å². The second-order valence-corrected chi connectivity index (χ2v) is 4.57. The molecule has 104 valence electrons. The molecule has 0 aliphatic heterocycles. The molecule has 1 N–H and O–H groups in total. The van der Waals surface area contributed by atoms with E-state index in [0.29, 0.717) is 13.0 Å². The fourth-order valence-corrected chi connectivity index (χ4v) is 2.09. The third kappa shape index (κ3) is 4.12. The van der Waals surface area contributed by atoms with Crippen molar-refractivity contribution in [1.82, 2.24) is 5.32 Å². The maximum Gasteiger partial charge on any atom is 0.224 e. The van der Waals surface area contributed by atoms with Crippen LogP contribution in [0.2, 0.25) is 0 Å². The van der Waals surface area contributed by atoms with E-state index < -0.39 is 0 Å². The van der Waals surface area contributed by atoms with Crippen LogP contribution in [0.4, 0.5) is 0 Å². The molecular weight excluding hydrogens is 250 g/mol. The standard InChI is InChI=1S/C17H19NO2/c1-20-16-10-6-5-9-15(16)11-12-18-17(19)13-14-7-3-2-4-8-14/h2-10H,11-13H2,1H3,(H,18,19). The van der Waals surface area contributed by atoms with Crippen LogP contribution in [0, 0.1) is 0 Å². The van der Waals surface area contributed by atoms with Gasteiger partial charge in [0.2, 0.25) is 5.91 Å². The number of methoxy groups -OCH3 is 1. The fourth-order valence-electron chi connectivity index (χ4n) is 2.09. The number of hydrogen-bond donors (Lipinski definition) is 1. The zero-order valence-electron chi connectivity index (χ0n) is 11.6. The molecule has 0 fully saturated rings. The molecule has 0 heterocycles. The van der Waals surface area contributed by atoms with E-state index in [1.54, 1.807) is 7.11 Å². The summed E-state index contributed by atoms with van der Waals surface area (Å²) in [5, 5.41) is 2.94. The van der Waals surface area contributed by atoms with Crippen LogP contribution in [-0.4, -0.2) is 19.6 Å². The minimum absolute atomic E-state index is 0.0473. The molecule has 0 saturated heterocycles. The lowest BCUT2D eigenvalue weighted by atomic mass is 10.1. The molecule has 3 heteroatoms. The van der Waals surface area contributed by atoms with E-state index >= 15 is 0 Å². The van der Waals surface area contributed by atoms with Gasteiger partial charge in [-0.1, -0.05) is 48.5 Å². The molecule has 0 unspecified atom stereocenters. The van der Waals surface area contributed by atoms with Crippen LogP contribution in [0.25, 0.3) is 0 Å². The molecule has 0 aromatic heterocycles. The van der Waals surface area contributed by atoms with Crippen molar-refractivity contribution in [3.63, 3.8) is 0 Å². The van der Waals surface area contributed by atoms with Crippen LogP contribution in [0.1, 0.15) is 11.1 Å². The highest BCUT2D eigenvalue weighted by atomic mass is 16.5. The zero-order chi connectivity index (χ0) is 14.2.